The van der Waals surface area contributed by atoms with Crippen LogP contribution in [0.15, 0.2) is 42.7 Å². The molecule has 1 heterocycles. The second-order valence-electron chi connectivity index (χ2n) is 8.01. The van der Waals surface area contributed by atoms with Crippen molar-refractivity contribution < 1.29 is 29.3 Å². The standard InChI is InChI=1S/C18H17N3O4.C5H11NO2.C2H6/c1-25-17(24)7-4-11-2-5-12(6-3-11)21-18-13-8-15(22)16(23)9-14(13)19-10-20-18;1-5(2,3)8-4(6)7;1-2/h2-3,5-6,8-10,22-23H,4,7H2,1H3,(H,19,20,21);1-3H3,(H2,6,7);1-2H3. The van der Waals surface area contributed by atoms with Crippen LogP contribution in [0.25, 0.3) is 10.9 Å². The number of amides is 1. The van der Waals surface area contributed by atoms with Gasteiger partial charge in [-0.15, -0.1) is 0 Å². The van der Waals surface area contributed by atoms with Crippen molar-refractivity contribution in [2.24, 2.45) is 5.73 Å². The van der Waals surface area contributed by atoms with Crippen LogP contribution in [-0.2, 0) is 20.7 Å². The van der Waals surface area contributed by atoms with Gasteiger partial charge in [0.15, 0.2) is 11.5 Å². The summed E-state index contributed by atoms with van der Waals surface area (Å²) >= 11 is 0. The molecule has 0 atom stereocenters. The van der Waals surface area contributed by atoms with Gasteiger partial charge in [0.1, 0.15) is 17.7 Å². The molecule has 2 aromatic carbocycles. The highest BCUT2D eigenvalue weighted by Crippen LogP contribution is 2.32. The van der Waals surface area contributed by atoms with Gasteiger partial charge in [-0.25, -0.2) is 14.8 Å². The Kier molecular flexibility index (Phi) is 11.2. The van der Waals surface area contributed by atoms with E-state index in [0.717, 1.165) is 11.3 Å². The van der Waals surface area contributed by atoms with Gasteiger partial charge < -0.3 is 30.7 Å². The molecular weight excluding hydrogens is 452 g/mol. The first-order valence-corrected chi connectivity index (χ1v) is 11.1. The summed E-state index contributed by atoms with van der Waals surface area (Å²) in [7, 11) is 1.37. The monoisotopic (exact) mass is 486 g/mol. The van der Waals surface area contributed by atoms with Crippen LogP contribution < -0.4 is 11.1 Å². The number of rotatable bonds is 5. The molecule has 0 aliphatic heterocycles. The van der Waals surface area contributed by atoms with Gasteiger partial charge in [-0.05, 0) is 51.0 Å². The number of fused-ring (bicyclic) bond motifs is 1. The van der Waals surface area contributed by atoms with Crippen molar-refractivity contribution in [1.82, 2.24) is 9.97 Å². The lowest BCUT2D eigenvalue weighted by molar-refractivity contribution is -0.140. The summed E-state index contributed by atoms with van der Waals surface area (Å²) < 4.78 is 9.21. The fourth-order valence-electron chi connectivity index (χ4n) is 2.72. The highest BCUT2D eigenvalue weighted by atomic mass is 16.6. The van der Waals surface area contributed by atoms with Crippen LogP contribution in [0, 0.1) is 0 Å². The summed E-state index contributed by atoms with van der Waals surface area (Å²) in [5, 5.41) is 23.0. The molecule has 0 aliphatic carbocycles. The fourth-order valence-corrected chi connectivity index (χ4v) is 2.72. The molecule has 0 saturated carbocycles. The average molecular weight is 487 g/mol. The third kappa shape index (κ3) is 10.2. The number of ether oxygens (including phenoxy) is 2. The summed E-state index contributed by atoms with van der Waals surface area (Å²) in [5.74, 6) is -0.184. The van der Waals surface area contributed by atoms with Crippen LogP contribution in [-0.4, -0.2) is 45.0 Å². The lowest BCUT2D eigenvalue weighted by Crippen LogP contribution is -2.27. The number of phenolic OH excluding ortho intramolecular Hbond substituents is 2. The Hall–Kier alpha value is -4.08. The molecule has 0 aliphatic rings. The Morgan fingerprint density at radius 2 is 1.63 bits per heavy atom. The Labute approximate surface area is 205 Å². The number of anilines is 2. The number of hydrogen-bond acceptors (Lipinski definition) is 9. The van der Waals surface area contributed by atoms with Crippen LogP contribution in [0.3, 0.4) is 0 Å². The number of esters is 1. The number of carbonyl (C=O) groups excluding carboxylic acids is 2. The zero-order chi connectivity index (χ0) is 26.6. The number of benzene rings is 2. The summed E-state index contributed by atoms with van der Waals surface area (Å²) in [6.07, 6.45) is 1.60. The third-order valence-electron chi connectivity index (χ3n) is 4.20. The van der Waals surface area contributed by atoms with Crippen LogP contribution >= 0.6 is 0 Å². The van der Waals surface area contributed by atoms with Crippen molar-refractivity contribution >= 4 is 34.5 Å². The summed E-state index contributed by atoms with van der Waals surface area (Å²) in [6, 6.07) is 10.4. The molecule has 0 bridgehead atoms. The van der Waals surface area contributed by atoms with Crippen molar-refractivity contribution in [1.29, 1.82) is 0 Å². The SMILES string of the molecule is CC.CC(C)(C)OC(N)=O.COC(=O)CCc1ccc(Nc2ncnc3cc(O)c(O)cc23)cc1. The van der Waals surface area contributed by atoms with Gasteiger partial charge >= 0.3 is 12.1 Å². The van der Waals surface area contributed by atoms with E-state index in [2.05, 4.69) is 24.8 Å². The van der Waals surface area contributed by atoms with Crippen molar-refractivity contribution in [2.45, 2.75) is 53.1 Å². The van der Waals surface area contributed by atoms with Crippen molar-refractivity contribution in [3.63, 3.8) is 0 Å². The summed E-state index contributed by atoms with van der Waals surface area (Å²) in [5.41, 5.74) is 6.60. The van der Waals surface area contributed by atoms with E-state index in [1.54, 1.807) is 20.8 Å². The number of primary amides is 1. The molecule has 0 unspecified atom stereocenters. The first-order valence-electron chi connectivity index (χ1n) is 11.1. The Morgan fingerprint density at radius 3 is 2.14 bits per heavy atom. The maximum Gasteiger partial charge on any atom is 0.405 e. The number of nitrogens with one attached hydrogen (secondary N) is 1. The number of hydrogen-bond donors (Lipinski definition) is 4. The Bertz CT molecular complexity index is 1110. The third-order valence-corrected chi connectivity index (χ3v) is 4.20. The molecule has 0 fully saturated rings. The molecule has 10 heteroatoms. The highest BCUT2D eigenvalue weighted by molar-refractivity contribution is 5.92. The molecule has 10 nitrogen and oxygen atoms in total. The minimum atomic E-state index is -0.725. The fraction of sp³-hybridized carbons (Fsp3) is 0.360. The molecule has 35 heavy (non-hydrogen) atoms. The molecule has 1 amide bonds. The van der Waals surface area contributed by atoms with E-state index in [1.165, 1.54) is 25.6 Å². The van der Waals surface area contributed by atoms with Gasteiger partial charge in [0.2, 0.25) is 0 Å². The molecule has 3 rings (SSSR count). The van der Waals surface area contributed by atoms with Crippen molar-refractivity contribution in [3.05, 3.63) is 48.3 Å². The van der Waals surface area contributed by atoms with Crippen LogP contribution in [0.4, 0.5) is 16.3 Å². The predicted molar refractivity (Wildman–Crippen MR) is 135 cm³/mol. The zero-order valence-corrected chi connectivity index (χ0v) is 21.0. The second-order valence-corrected chi connectivity index (χ2v) is 8.01. The van der Waals surface area contributed by atoms with E-state index < -0.39 is 11.7 Å². The first kappa shape index (κ1) is 29.0. The van der Waals surface area contributed by atoms with E-state index in [1.807, 2.05) is 38.1 Å². The maximum atomic E-state index is 11.2. The van der Waals surface area contributed by atoms with E-state index >= 15 is 0 Å². The minimum absolute atomic E-state index is 0.230. The average Bonchev–Trinajstić information content (AvgIpc) is 2.80. The lowest BCUT2D eigenvalue weighted by Gasteiger charge is -2.16. The quantitative estimate of drug-likeness (QED) is 0.294. The number of nitrogens with two attached hydrogens (primary N) is 1. The van der Waals surface area contributed by atoms with Gasteiger partial charge in [-0.1, -0.05) is 26.0 Å². The van der Waals surface area contributed by atoms with Gasteiger partial charge in [0.05, 0.1) is 12.6 Å². The van der Waals surface area contributed by atoms with Gasteiger partial charge in [-0.3, -0.25) is 4.79 Å². The first-order chi connectivity index (χ1) is 16.5. The highest BCUT2D eigenvalue weighted by Gasteiger charge is 2.12. The predicted octanol–water partition coefficient (Wildman–Crippen LogP) is 4.80. The molecule has 0 spiro atoms. The lowest BCUT2D eigenvalue weighted by atomic mass is 10.1. The normalized spacial score (nSPS) is 10.2. The molecule has 3 aromatic rings. The van der Waals surface area contributed by atoms with Crippen LogP contribution in [0.1, 0.15) is 46.6 Å². The minimum Gasteiger partial charge on any atom is -0.504 e. The van der Waals surface area contributed by atoms with Gasteiger partial charge in [-0.2, -0.15) is 0 Å². The number of methoxy groups -OCH3 is 1. The molecule has 1 aromatic heterocycles. The maximum absolute atomic E-state index is 11.2. The van der Waals surface area contributed by atoms with Crippen LogP contribution in [0.5, 0.6) is 11.5 Å². The molecule has 0 saturated heterocycles. The van der Waals surface area contributed by atoms with Crippen molar-refractivity contribution in [2.75, 3.05) is 12.4 Å². The van der Waals surface area contributed by atoms with E-state index in [0.29, 0.717) is 29.6 Å². The number of carbonyl (C=O) groups is 2. The van der Waals surface area contributed by atoms with Crippen molar-refractivity contribution in [3.8, 4) is 11.5 Å². The molecular formula is C25H34N4O6. The number of aryl methyl sites for hydroxylation is 1. The number of phenols is 2. The summed E-state index contributed by atoms with van der Waals surface area (Å²) in [6.45, 7) is 9.28. The van der Waals surface area contributed by atoms with Crippen LogP contribution in [0.2, 0.25) is 0 Å². The molecule has 190 valence electrons. The van der Waals surface area contributed by atoms with Gasteiger partial charge in [0, 0.05) is 23.6 Å². The number of aromatic hydroxyl groups is 2. The number of aromatic nitrogens is 2. The topological polar surface area (TPSA) is 157 Å². The van der Waals surface area contributed by atoms with E-state index in [-0.39, 0.29) is 17.5 Å². The smallest absolute Gasteiger partial charge is 0.405 e. The van der Waals surface area contributed by atoms with E-state index in [9.17, 15) is 19.8 Å². The summed E-state index contributed by atoms with van der Waals surface area (Å²) in [4.78, 5) is 29.5. The van der Waals surface area contributed by atoms with E-state index in [4.69, 9.17) is 5.73 Å². The Morgan fingerprint density at radius 1 is 1.03 bits per heavy atom. The zero-order valence-electron chi connectivity index (χ0n) is 21.0. The largest absolute Gasteiger partial charge is 0.504 e. The molecule has 5 N–H and O–H groups in total. The number of nitrogens with zero attached hydrogens (tertiary/aromatic N) is 2. The second kappa shape index (κ2) is 13.6. The van der Waals surface area contributed by atoms with Gasteiger partial charge in [0.25, 0.3) is 0 Å². The molecule has 0 radical (unpaired) electrons. The Balaban J connectivity index is 0.000000523.